The van der Waals surface area contributed by atoms with Gasteiger partial charge in [0, 0.05) is 11.1 Å². The average Bonchev–Trinajstić information content (AvgIpc) is 3.17. The summed E-state index contributed by atoms with van der Waals surface area (Å²) in [7, 11) is 0. The van der Waals surface area contributed by atoms with Gasteiger partial charge in [-0.3, -0.25) is 4.79 Å². The van der Waals surface area contributed by atoms with Crippen molar-refractivity contribution in [2.45, 2.75) is 6.18 Å². The Kier molecular flexibility index (Phi) is 3.24. The van der Waals surface area contributed by atoms with E-state index in [2.05, 4.69) is 19.6 Å². The molecule has 9 heteroatoms. The molecule has 6 nitrogen and oxygen atoms in total. The first-order valence-corrected chi connectivity index (χ1v) is 5.89. The summed E-state index contributed by atoms with van der Waals surface area (Å²) in [6, 6.07) is 5.68. The van der Waals surface area contributed by atoms with Gasteiger partial charge in [-0.1, -0.05) is 29.4 Å². The van der Waals surface area contributed by atoms with Crippen LogP contribution in [0.5, 0.6) is 0 Å². The van der Waals surface area contributed by atoms with Gasteiger partial charge in [0.25, 0.3) is 0 Å². The van der Waals surface area contributed by atoms with Crippen molar-refractivity contribution in [2.75, 3.05) is 0 Å². The van der Waals surface area contributed by atoms with Crippen molar-refractivity contribution in [3.05, 3.63) is 54.1 Å². The maximum Gasteiger partial charge on any atom is 0.471 e. The number of aromatic nitrogens is 3. The summed E-state index contributed by atoms with van der Waals surface area (Å²) in [5.74, 6) is -2.01. The number of oxazole rings is 1. The summed E-state index contributed by atoms with van der Waals surface area (Å²) in [5, 5.41) is 3.26. The van der Waals surface area contributed by atoms with Crippen molar-refractivity contribution < 1.29 is 26.9 Å². The van der Waals surface area contributed by atoms with Crippen LogP contribution in [-0.4, -0.2) is 20.9 Å². The van der Waals surface area contributed by atoms with E-state index in [0.29, 0.717) is 5.56 Å². The zero-order valence-corrected chi connectivity index (χ0v) is 10.7. The topological polar surface area (TPSA) is 82.0 Å². The van der Waals surface area contributed by atoms with E-state index in [0.717, 1.165) is 6.39 Å². The zero-order valence-electron chi connectivity index (χ0n) is 10.7. The van der Waals surface area contributed by atoms with E-state index in [9.17, 15) is 18.0 Å². The van der Waals surface area contributed by atoms with Crippen molar-refractivity contribution in [1.82, 2.24) is 15.1 Å². The molecule has 0 N–H and O–H groups in total. The zero-order chi connectivity index (χ0) is 15.7. The molecule has 0 aliphatic heterocycles. The number of carbonyl (C=O) groups excluding carboxylic acids is 1. The maximum atomic E-state index is 12.4. The maximum absolute atomic E-state index is 12.4. The van der Waals surface area contributed by atoms with Crippen LogP contribution in [0.25, 0.3) is 11.4 Å². The largest absolute Gasteiger partial charge is 0.471 e. The Morgan fingerprint density at radius 3 is 2.41 bits per heavy atom. The molecule has 0 spiro atoms. The van der Waals surface area contributed by atoms with Crippen LogP contribution < -0.4 is 0 Å². The van der Waals surface area contributed by atoms with E-state index in [4.69, 9.17) is 4.42 Å². The number of alkyl halides is 3. The van der Waals surface area contributed by atoms with Gasteiger partial charge in [-0.2, -0.15) is 18.2 Å². The molecule has 0 saturated heterocycles. The van der Waals surface area contributed by atoms with E-state index < -0.39 is 12.1 Å². The Morgan fingerprint density at radius 2 is 1.86 bits per heavy atom. The van der Waals surface area contributed by atoms with Gasteiger partial charge in [0.05, 0.1) is 0 Å². The fourth-order valence-electron chi connectivity index (χ4n) is 1.70. The lowest BCUT2D eigenvalue weighted by atomic mass is 10.1. The summed E-state index contributed by atoms with van der Waals surface area (Å²) < 4.78 is 46.0. The molecule has 2 aromatic heterocycles. The molecule has 112 valence electrons. The smallest absolute Gasteiger partial charge is 0.451 e. The first-order valence-electron chi connectivity index (χ1n) is 5.89. The Hall–Kier alpha value is -2.97. The lowest BCUT2D eigenvalue weighted by molar-refractivity contribution is -0.159. The molecule has 0 amide bonds. The van der Waals surface area contributed by atoms with Gasteiger partial charge in [0.1, 0.15) is 12.0 Å². The van der Waals surface area contributed by atoms with Crippen LogP contribution in [0.1, 0.15) is 21.9 Å². The highest BCUT2D eigenvalue weighted by Gasteiger charge is 2.38. The van der Waals surface area contributed by atoms with Crippen molar-refractivity contribution in [2.24, 2.45) is 0 Å². The normalized spacial score (nSPS) is 11.6. The van der Waals surface area contributed by atoms with Gasteiger partial charge in [-0.25, -0.2) is 4.98 Å². The molecule has 0 radical (unpaired) electrons. The van der Waals surface area contributed by atoms with Crippen molar-refractivity contribution in [3.63, 3.8) is 0 Å². The average molecular weight is 309 g/mol. The van der Waals surface area contributed by atoms with Crippen LogP contribution in [0.3, 0.4) is 0 Å². The second-order valence-electron chi connectivity index (χ2n) is 4.20. The van der Waals surface area contributed by atoms with E-state index in [1.54, 1.807) is 0 Å². The minimum absolute atomic E-state index is 0.131. The first-order chi connectivity index (χ1) is 10.4. The molecule has 0 bridgehead atoms. The number of carbonyl (C=O) groups is 1. The predicted molar refractivity (Wildman–Crippen MR) is 64.7 cm³/mol. The number of hydrogen-bond acceptors (Lipinski definition) is 6. The number of ketones is 1. The Morgan fingerprint density at radius 1 is 1.14 bits per heavy atom. The highest BCUT2D eigenvalue weighted by Crippen LogP contribution is 2.29. The SMILES string of the molecule is O=C(c1ccc(-c2noc(C(F)(F)F)n2)cc1)c1cocn1. The number of nitrogens with zero attached hydrogens (tertiary/aromatic N) is 3. The van der Waals surface area contributed by atoms with Crippen molar-refractivity contribution >= 4 is 5.78 Å². The lowest BCUT2D eigenvalue weighted by Crippen LogP contribution is -2.04. The Labute approximate surface area is 120 Å². The van der Waals surface area contributed by atoms with Crippen LogP contribution in [0, 0.1) is 0 Å². The van der Waals surface area contributed by atoms with E-state index in [1.165, 1.54) is 30.5 Å². The van der Waals surface area contributed by atoms with Crippen LogP contribution in [0.4, 0.5) is 13.2 Å². The van der Waals surface area contributed by atoms with E-state index >= 15 is 0 Å². The summed E-state index contributed by atoms with van der Waals surface area (Å²) in [6.45, 7) is 0. The van der Waals surface area contributed by atoms with Crippen LogP contribution in [0.2, 0.25) is 0 Å². The Bertz CT molecular complexity index is 792. The Balaban J connectivity index is 1.85. The number of benzene rings is 1. The minimum Gasteiger partial charge on any atom is -0.451 e. The second kappa shape index (κ2) is 5.10. The molecule has 1 aromatic carbocycles. The quantitative estimate of drug-likeness (QED) is 0.692. The molecule has 0 unspecified atom stereocenters. The van der Waals surface area contributed by atoms with Gasteiger partial charge in [0.15, 0.2) is 6.39 Å². The molecule has 0 atom stereocenters. The summed E-state index contributed by atoms with van der Waals surface area (Å²) in [6.07, 6.45) is -2.38. The first kappa shape index (κ1) is 14.0. The third-order valence-corrected chi connectivity index (χ3v) is 2.74. The molecule has 0 fully saturated rings. The van der Waals surface area contributed by atoms with Gasteiger partial charge < -0.3 is 8.94 Å². The van der Waals surface area contributed by atoms with E-state index in [1.807, 2.05) is 0 Å². The summed E-state index contributed by atoms with van der Waals surface area (Å²) in [4.78, 5) is 19.0. The van der Waals surface area contributed by atoms with Crippen LogP contribution in [0.15, 0.2) is 45.9 Å². The standard InChI is InChI=1S/C13H6F3N3O3/c14-13(15,16)12-18-11(19-22-12)8-3-1-7(2-4-8)10(20)9-5-21-6-17-9/h1-6H. The van der Waals surface area contributed by atoms with Crippen molar-refractivity contribution in [1.29, 1.82) is 0 Å². The highest BCUT2D eigenvalue weighted by atomic mass is 19.4. The molecule has 3 aromatic rings. The fourth-order valence-corrected chi connectivity index (χ4v) is 1.70. The molecule has 22 heavy (non-hydrogen) atoms. The third-order valence-electron chi connectivity index (χ3n) is 2.74. The van der Waals surface area contributed by atoms with Gasteiger partial charge in [-0.05, 0) is 0 Å². The molecule has 2 heterocycles. The fraction of sp³-hybridized carbons (Fsp3) is 0.0769. The molecule has 0 aliphatic rings. The van der Waals surface area contributed by atoms with Crippen LogP contribution in [-0.2, 0) is 6.18 Å². The van der Waals surface area contributed by atoms with E-state index in [-0.39, 0.29) is 22.9 Å². The van der Waals surface area contributed by atoms with Crippen LogP contribution >= 0.6 is 0 Å². The molecular formula is C13H6F3N3O3. The molecule has 0 saturated carbocycles. The summed E-state index contributed by atoms with van der Waals surface area (Å²) >= 11 is 0. The minimum atomic E-state index is -4.70. The second-order valence-corrected chi connectivity index (χ2v) is 4.20. The number of hydrogen-bond donors (Lipinski definition) is 0. The predicted octanol–water partition coefficient (Wildman–Crippen LogP) is 2.97. The van der Waals surface area contributed by atoms with Gasteiger partial charge >= 0.3 is 12.1 Å². The van der Waals surface area contributed by atoms with Crippen molar-refractivity contribution in [3.8, 4) is 11.4 Å². The molecular weight excluding hydrogens is 303 g/mol. The summed E-state index contributed by atoms with van der Waals surface area (Å²) in [5.41, 5.74) is 0.722. The number of halogens is 3. The monoisotopic (exact) mass is 309 g/mol. The van der Waals surface area contributed by atoms with Gasteiger partial charge in [0.2, 0.25) is 11.6 Å². The highest BCUT2D eigenvalue weighted by molar-refractivity contribution is 6.07. The number of rotatable bonds is 3. The van der Waals surface area contributed by atoms with Gasteiger partial charge in [-0.15, -0.1) is 0 Å². The molecule has 3 rings (SSSR count). The molecule has 0 aliphatic carbocycles. The lowest BCUT2D eigenvalue weighted by Gasteiger charge is -1.99. The third kappa shape index (κ3) is 2.60.